The lowest BCUT2D eigenvalue weighted by Crippen LogP contribution is -2.38. The second-order valence-electron chi connectivity index (χ2n) is 6.77. The number of ether oxygens (including phenoxy) is 1. The van der Waals surface area contributed by atoms with E-state index in [4.69, 9.17) is 20.5 Å². The minimum atomic E-state index is -3.92. The van der Waals surface area contributed by atoms with Crippen LogP contribution in [0.25, 0.3) is 10.8 Å². The minimum Gasteiger partial charge on any atom is -0.480 e. The first kappa shape index (κ1) is 22.2. The van der Waals surface area contributed by atoms with Crippen LogP contribution in [0.15, 0.2) is 36.4 Å². The molecular formula is C19H23ClNO6P. The van der Waals surface area contributed by atoms with E-state index in [9.17, 15) is 19.3 Å². The number of fused-ring (bicyclic) bond motifs is 1. The zero-order valence-electron chi connectivity index (χ0n) is 16.0. The van der Waals surface area contributed by atoms with E-state index in [1.165, 1.54) is 7.11 Å². The summed E-state index contributed by atoms with van der Waals surface area (Å²) in [5.74, 6) is -1.99. The fraction of sp³-hybridized carbons (Fsp3) is 0.368. The van der Waals surface area contributed by atoms with Crippen LogP contribution in [-0.4, -0.2) is 30.2 Å². The van der Waals surface area contributed by atoms with Gasteiger partial charge in [0, 0.05) is 11.2 Å². The average Bonchev–Trinajstić information content (AvgIpc) is 2.63. The largest absolute Gasteiger partial charge is 0.480 e. The molecule has 28 heavy (non-hydrogen) atoms. The Morgan fingerprint density at radius 2 is 1.71 bits per heavy atom. The lowest BCUT2D eigenvalue weighted by Gasteiger charge is -2.21. The molecule has 0 spiro atoms. The van der Waals surface area contributed by atoms with Gasteiger partial charge in [-0.3, -0.25) is 9.59 Å². The molecule has 3 atom stereocenters. The molecule has 0 radical (unpaired) electrons. The Kier molecular flexibility index (Phi) is 7.10. The fourth-order valence-electron chi connectivity index (χ4n) is 2.70. The van der Waals surface area contributed by atoms with Crippen molar-refractivity contribution >= 4 is 40.8 Å². The van der Waals surface area contributed by atoms with Gasteiger partial charge in [0.1, 0.15) is 11.8 Å². The van der Waals surface area contributed by atoms with Crippen LogP contribution in [-0.2, 0) is 18.9 Å². The van der Waals surface area contributed by atoms with Crippen LogP contribution < -0.4 is 9.61 Å². The highest BCUT2D eigenvalue weighted by molar-refractivity contribution is 7.84. The van der Waals surface area contributed by atoms with E-state index < -0.39 is 24.8 Å². The monoisotopic (exact) mass is 427 g/mol. The number of carbonyl (C=O) groups is 2. The third-order valence-electron chi connectivity index (χ3n) is 4.34. The van der Waals surface area contributed by atoms with E-state index in [-0.39, 0.29) is 17.6 Å². The van der Waals surface area contributed by atoms with Crippen molar-refractivity contribution in [1.82, 2.24) is 5.09 Å². The topological polar surface area (TPSA) is 102 Å². The molecule has 0 aliphatic heterocycles. The molecule has 0 aliphatic carbocycles. The molecule has 0 amide bonds. The van der Waals surface area contributed by atoms with Crippen molar-refractivity contribution in [3.05, 3.63) is 42.0 Å². The summed E-state index contributed by atoms with van der Waals surface area (Å²) in [5.41, 5.74) is 0.805. The number of carboxylic acid groups (broad SMARTS) is 1. The molecular weight excluding hydrogens is 405 g/mol. The number of aliphatic carboxylic acids is 1. The summed E-state index contributed by atoms with van der Waals surface area (Å²) < 4.78 is 22.6. The number of methoxy groups -OCH3 is 1. The van der Waals surface area contributed by atoms with Gasteiger partial charge in [0.2, 0.25) is 0 Å². The molecule has 3 unspecified atom stereocenters. The highest BCUT2D eigenvalue weighted by Crippen LogP contribution is 2.49. The summed E-state index contributed by atoms with van der Waals surface area (Å²) >= 11 is 5.93. The maximum absolute atomic E-state index is 12.5. The van der Waals surface area contributed by atoms with Gasteiger partial charge < -0.3 is 14.4 Å². The first-order valence-corrected chi connectivity index (χ1v) is 11.2. The van der Waals surface area contributed by atoms with Crippen molar-refractivity contribution in [2.45, 2.75) is 32.7 Å². The molecule has 7 nitrogen and oxygen atoms in total. The minimum absolute atomic E-state index is 0.236. The Morgan fingerprint density at radius 3 is 2.29 bits per heavy atom. The Morgan fingerprint density at radius 1 is 1.11 bits per heavy atom. The molecule has 0 saturated carbocycles. The van der Waals surface area contributed by atoms with Gasteiger partial charge in [-0.15, -0.1) is 0 Å². The molecule has 152 valence electrons. The van der Waals surface area contributed by atoms with E-state index in [0.717, 1.165) is 16.3 Å². The van der Waals surface area contributed by atoms with Crippen LogP contribution in [0.1, 0.15) is 32.3 Å². The van der Waals surface area contributed by atoms with Gasteiger partial charge in [0.15, 0.2) is 0 Å². The highest BCUT2D eigenvalue weighted by Gasteiger charge is 2.32. The average molecular weight is 428 g/mol. The van der Waals surface area contributed by atoms with Crippen molar-refractivity contribution in [1.29, 1.82) is 0 Å². The summed E-state index contributed by atoms with van der Waals surface area (Å²) in [7, 11) is 1.34. The van der Waals surface area contributed by atoms with E-state index in [1.54, 1.807) is 51.1 Å². The van der Waals surface area contributed by atoms with Crippen LogP contribution in [0.4, 0.5) is 0 Å². The number of rotatable bonds is 8. The predicted molar refractivity (Wildman–Crippen MR) is 108 cm³/mol. The van der Waals surface area contributed by atoms with Crippen LogP contribution in [0.5, 0.6) is 5.75 Å². The van der Waals surface area contributed by atoms with Gasteiger partial charge in [-0.05, 0) is 41.3 Å². The van der Waals surface area contributed by atoms with Gasteiger partial charge in [0.05, 0.1) is 13.0 Å². The Labute approximate surface area is 168 Å². The normalized spacial score (nSPS) is 15.6. The van der Waals surface area contributed by atoms with Gasteiger partial charge in [-0.1, -0.05) is 38.1 Å². The SMILES string of the molecule is COC(=O)C(C)c1ccc2cc(OP(=O)(Cl)NC(C(=O)O)C(C)C)ccc2c1. The number of benzene rings is 2. The van der Waals surface area contributed by atoms with Gasteiger partial charge in [0.25, 0.3) is 0 Å². The number of carbonyl (C=O) groups excluding carboxylic acids is 1. The first-order valence-electron chi connectivity index (χ1n) is 8.65. The second-order valence-corrected chi connectivity index (χ2v) is 9.51. The number of nitrogens with one attached hydrogen (secondary N) is 1. The van der Waals surface area contributed by atoms with Crippen LogP contribution >= 0.6 is 18.1 Å². The fourth-order valence-corrected chi connectivity index (χ4v) is 4.43. The molecule has 2 N–H and O–H groups in total. The second kappa shape index (κ2) is 8.95. The molecule has 2 rings (SSSR count). The highest BCUT2D eigenvalue weighted by atomic mass is 35.7. The molecule has 2 aromatic rings. The van der Waals surface area contributed by atoms with Gasteiger partial charge in [-0.25, -0.2) is 9.65 Å². The predicted octanol–water partition coefficient (Wildman–Crippen LogP) is 4.54. The molecule has 0 aliphatic rings. The maximum atomic E-state index is 12.5. The molecule has 0 bridgehead atoms. The maximum Gasteiger partial charge on any atom is 0.409 e. The molecule has 0 aromatic heterocycles. The summed E-state index contributed by atoms with van der Waals surface area (Å²) in [6, 6.07) is 9.32. The Bertz CT molecular complexity index is 932. The Hall–Kier alpha value is -2.08. The molecule has 9 heteroatoms. The molecule has 0 fully saturated rings. The quantitative estimate of drug-likeness (QED) is 0.471. The van der Waals surface area contributed by atoms with E-state index >= 15 is 0 Å². The molecule has 2 aromatic carbocycles. The third kappa shape index (κ3) is 5.47. The van der Waals surface area contributed by atoms with E-state index in [1.807, 2.05) is 6.07 Å². The van der Waals surface area contributed by atoms with Crippen molar-refractivity contribution < 1.29 is 28.5 Å². The molecule has 0 saturated heterocycles. The zero-order valence-corrected chi connectivity index (χ0v) is 17.7. The van der Waals surface area contributed by atoms with Crippen LogP contribution in [0.3, 0.4) is 0 Å². The third-order valence-corrected chi connectivity index (χ3v) is 5.87. The lowest BCUT2D eigenvalue weighted by molar-refractivity contribution is -0.142. The van der Waals surface area contributed by atoms with Crippen molar-refractivity contribution in [3.63, 3.8) is 0 Å². The summed E-state index contributed by atoms with van der Waals surface area (Å²) in [6.07, 6.45) is 0. The van der Waals surface area contributed by atoms with Crippen molar-refractivity contribution in [2.75, 3.05) is 7.11 Å². The number of hydrogen-bond acceptors (Lipinski definition) is 5. The van der Waals surface area contributed by atoms with Gasteiger partial charge >= 0.3 is 18.8 Å². The summed E-state index contributed by atoms with van der Waals surface area (Å²) in [4.78, 5) is 23.0. The lowest BCUT2D eigenvalue weighted by atomic mass is 9.98. The Balaban J connectivity index is 2.23. The number of hydrogen-bond donors (Lipinski definition) is 2. The molecule has 0 heterocycles. The van der Waals surface area contributed by atoms with E-state index in [0.29, 0.717) is 0 Å². The van der Waals surface area contributed by atoms with Crippen LogP contribution in [0, 0.1) is 5.92 Å². The standard InChI is InChI=1S/C19H23ClNO6P/c1-11(2)17(18(22)23)21-28(20,25)27-16-8-7-14-9-13(5-6-15(14)10-16)12(3)19(24)26-4/h5-12,17H,1-4H3,(H,21,25)(H,22,23). The summed E-state index contributed by atoms with van der Waals surface area (Å²) in [6.45, 7) is 1.18. The number of halogens is 1. The van der Waals surface area contributed by atoms with Crippen LogP contribution in [0.2, 0.25) is 0 Å². The first-order chi connectivity index (χ1) is 13.0. The number of esters is 1. The van der Waals surface area contributed by atoms with Crippen molar-refractivity contribution in [2.24, 2.45) is 5.92 Å². The van der Waals surface area contributed by atoms with Crippen molar-refractivity contribution in [3.8, 4) is 5.75 Å². The smallest absolute Gasteiger partial charge is 0.409 e. The van der Waals surface area contributed by atoms with E-state index in [2.05, 4.69) is 5.09 Å². The van der Waals surface area contributed by atoms with Gasteiger partial charge in [-0.2, -0.15) is 0 Å². The summed E-state index contributed by atoms with van der Waals surface area (Å²) in [5, 5.41) is 13.2. The number of carboxylic acids is 1. The zero-order chi connectivity index (χ0) is 21.1.